The van der Waals surface area contributed by atoms with Crippen LogP contribution in [0.2, 0.25) is 0 Å². The first-order valence-electron chi connectivity index (χ1n) is 6.34. The van der Waals surface area contributed by atoms with Gasteiger partial charge >= 0.3 is 0 Å². The largest absolute Gasteiger partial charge is 0.493 e. The van der Waals surface area contributed by atoms with E-state index in [9.17, 15) is 13.2 Å². The number of hydrogen-bond acceptors (Lipinski definition) is 4. The molecule has 8 heteroatoms. The van der Waals surface area contributed by atoms with Crippen molar-refractivity contribution in [2.75, 3.05) is 12.9 Å². The number of amides is 1. The van der Waals surface area contributed by atoms with Crippen LogP contribution in [-0.2, 0) is 16.3 Å². The van der Waals surface area contributed by atoms with Crippen LogP contribution in [0.3, 0.4) is 0 Å². The second-order valence-corrected chi connectivity index (χ2v) is 6.34. The second-order valence-electron chi connectivity index (χ2n) is 4.36. The summed E-state index contributed by atoms with van der Waals surface area (Å²) in [5.74, 6) is -0.838. The maximum atomic E-state index is 12.0. The minimum Gasteiger partial charge on any atom is -0.493 e. The van der Waals surface area contributed by atoms with Crippen LogP contribution in [-0.4, -0.2) is 33.1 Å². The van der Waals surface area contributed by atoms with Crippen molar-refractivity contribution in [1.29, 1.82) is 0 Å². The molecule has 1 rings (SSSR count). The fourth-order valence-electron chi connectivity index (χ4n) is 1.83. The Balaban J connectivity index is 3.59. The number of guanidine groups is 1. The third-order valence-corrected chi connectivity index (χ3v) is 3.83. The monoisotopic (exact) mass is 313 g/mol. The fourth-order valence-corrected chi connectivity index (χ4v) is 2.64. The van der Waals surface area contributed by atoms with Gasteiger partial charge in [0.15, 0.2) is 15.8 Å². The van der Waals surface area contributed by atoms with Gasteiger partial charge in [0.05, 0.1) is 6.61 Å². The van der Waals surface area contributed by atoms with Gasteiger partial charge < -0.3 is 16.2 Å². The van der Waals surface area contributed by atoms with E-state index < -0.39 is 15.7 Å². The van der Waals surface area contributed by atoms with Crippen LogP contribution in [0, 0.1) is 0 Å². The lowest BCUT2D eigenvalue weighted by Crippen LogP contribution is -2.24. The van der Waals surface area contributed by atoms with Gasteiger partial charge in [0, 0.05) is 11.8 Å². The highest BCUT2D eigenvalue weighted by molar-refractivity contribution is 7.90. The Bertz CT molecular complexity index is 677. The number of aryl methyl sites for hydroxylation is 1. The highest BCUT2D eigenvalue weighted by Gasteiger charge is 2.21. The highest BCUT2D eigenvalue weighted by Crippen LogP contribution is 2.29. The van der Waals surface area contributed by atoms with Gasteiger partial charge in [0.25, 0.3) is 5.91 Å². The van der Waals surface area contributed by atoms with Crippen molar-refractivity contribution in [2.45, 2.75) is 25.2 Å². The number of aliphatic imine (C=N–C) groups is 1. The van der Waals surface area contributed by atoms with Gasteiger partial charge in [-0.05, 0) is 31.0 Å². The molecular formula is C13H19N3O4S. The third kappa shape index (κ3) is 4.19. The first-order chi connectivity index (χ1) is 9.70. The molecule has 0 aromatic heterocycles. The molecule has 1 aromatic rings. The lowest BCUT2D eigenvalue weighted by molar-refractivity contribution is 0.100. The molecule has 0 atom stereocenters. The summed E-state index contributed by atoms with van der Waals surface area (Å²) in [6, 6.07) is 2.79. The summed E-state index contributed by atoms with van der Waals surface area (Å²) >= 11 is 0. The van der Waals surface area contributed by atoms with Crippen LogP contribution < -0.4 is 16.2 Å². The SMILES string of the molecule is CCOc1cc(CC)c(C(=O)N=C(N)N)cc1S(C)(=O)=O. The van der Waals surface area contributed by atoms with Crippen molar-refractivity contribution in [1.82, 2.24) is 0 Å². The van der Waals surface area contributed by atoms with E-state index in [4.69, 9.17) is 16.2 Å². The average Bonchev–Trinajstić information content (AvgIpc) is 2.36. The maximum Gasteiger partial charge on any atom is 0.280 e. The molecule has 0 radical (unpaired) electrons. The van der Waals surface area contributed by atoms with Crippen LogP contribution in [0.1, 0.15) is 29.8 Å². The molecule has 0 aliphatic heterocycles. The van der Waals surface area contributed by atoms with Gasteiger partial charge in [-0.15, -0.1) is 0 Å². The molecule has 0 heterocycles. The van der Waals surface area contributed by atoms with Gasteiger partial charge in [-0.3, -0.25) is 4.79 Å². The Labute approximate surface area is 123 Å². The molecule has 0 aliphatic rings. The number of rotatable bonds is 5. The lowest BCUT2D eigenvalue weighted by atomic mass is 10.0. The van der Waals surface area contributed by atoms with Crippen molar-refractivity contribution in [3.8, 4) is 5.75 Å². The topological polar surface area (TPSA) is 125 Å². The quantitative estimate of drug-likeness (QED) is 0.601. The first kappa shape index (κ1) is 17.0. The predicted octanol–water partition coefficient (Wildman–Crippen LogP) is 0.465. The zero-order chi connectivity index (χ0) is 16.2. The Kier molecular flexibility index (Phi) is 5.31. The summed E-state index contributed by atoms with van der Waals surface area (Å²) in [4.78, 5) is 15.4. The Morgan fingerprint density at radius 3 is 2.33 bits per heavy atom. The minimum absolute atomic E-state index is 0.0595. The van der Waals surface area contributed by atoms with Gasteiger partial charge in [-0.25, -0.2) is 8.42 Å². The molecule has 0 bridgehead atoms. The molecule has 0 aliphatic carbocycles. The van der Waals surface area contributed by atoms with Crippen LogP contribution >= 0.6 is 0 Å². The molecule has 1 amide bonds. The molecule has 0 fully saturated rings. The van der Waals surface area contributed by atoms with Crippen LogP contribution in [0.25, 0.3) is 0 Å². The lowest BCUT2D eigenvalue weighted by Gasteiger charge is -2.13. The molecule has 1 aromatic carbocycles. The number of nitrogens with two attached hydrogens (primary N) is 2. The number of benzene rings is 1. The number of carbonyl (C=O) groups excluding carboxylic acids is 1. The number of ether oxygens (including phenoxy) is 1. The number of hydrogen-bond donors (Lipinski definition) is 2. The zero-order valence-corrected chi connectivity index (χ0v) is 13.0. The van der Waals surface area contributed by atoms with Crippen molar-refractivity contribution in [2.24, 2.45) is 16.5 Å². The molecule has 21 heavy (non-hydrogen) atoms. The van der Waals surface area contributed by atoms with Crippen LogP contribution in [0.4, 0.5) is 0 Å². The van der Waals surface area contributed by atoms with Crippen molar-refractivity contribution >= 4 is 21.7 Å². The molecule has 116 valence electrons. The van der Waals surface area contributed by atoms with Crippen molar-refractivity contribution in [3.05, 3.63) is 23.3 Å². The molecule has 0 saturated heterocycles. The standard InChI is InChI=1S/C13H19N3O4S/c1-4-8-6-10(20-5-2)11(21(3,18)19)7-9(8)12(17)16-13(14)15/h6-7H,4-5H2,1-3H3,(H4,14,15,16,17). The van der Waals surface area contributed by atoms with E-state index in [1.54, 1.807) is 6.92 Å². The summed E-state index contributed by atoms with van der Waals surface area (Å²) in [6.45, 7) is 3.89. The highest BCUT2D eigenvalue weighted by atomic mass is 32.2. The normalized spacial score (nSPS) is 11.0. The summed E-state index contributed by atoms with van der Waals surface area (Å²) in [6.07, 6.45) is 1.55. The Hall–Kier alpha value is -2.09. The fraction of sp³-hybridized carbons (Fsp3) is 0.385. The molecule has 0 spiro atoms. The summed E-state index contributed by atoms with van der Waals surface area (Å²) in [7, 11) is -3.55. The summed E-state index contributed by atoms with van der Waals surface area (Å²) in [5.41, 5.74) is 11.1. The molecular weight excluding hydrogens is 294 g/mol. The zero-order valence-electron chi connectivity index (χ0n) is 12.2. The van der Waals surface area contributed by atoms with E-state index in [2.05, 4.69) is 4.99 Å². The molecule has 4 N–H and O–H groups in total. The van der Waals surface area contributed by atoms with E-state index in [1.165, 1.54) is 12.1 Å². The van der Waals surface area contributed by atoms with Gasteiger partial charge in [-0.1, -0.05) is 6.92 Å². The average molecular weight is 313 g/mol. The van der Waals surface area contributed by atoms with E-state index in [0.717, 1.165) is 6.26 Å². The first-order valence-corrected chi connectivity index (χ1v) is 8.23. The maximum absolute atomic E-state index is 12.0. The summed E-state index contributed by atoms with van der Waals surface area (Å²) in [5, 5.41) is 0. The van der Waals surface area contributed by atoms with Crippen molar-refractivity contribution < 1.29 is 17.9 Å². The van der Waals surface area contributed by atoms with E-state index >= 15 is 0 Å². The number of sulfone groups is 1. The molecule has 0 saturated carbocycles. The molecule has 7 nitrogen and oxygen atoms in total. The smallest absolute Gasteiger partial charge is 0.280 e. The number of nitrogens with zero attached hydrogens (tertiary/aromatic N) is 1. The van der Waals surface area contributed by atoms with E-state index in [0.29, 0.717) is 18.6 Å². The third-order valence-electron chi connectivity index (χ3n) is 2.71. The predicted molar refractivity (Wildman–Crippen MR) is 80.2 cm³/mol. The van der Waals surface area contributed by atoms with Gasteiger partial charge in [0.2, 0.25) is 0 Å². The van der Waals surface area contributed by atoms with Gasteiger partial charge in [-0.2, -0.15) is 4.99 Å². The summed E-state index contributed by atoms with van der Waals surface area (Å²) < 4.78 is 29.0. The minimum atomic E-state index is -3.55. The Morgan fingerprint density at radius 2 is 1.90 bits per heavy atom. The van der Waals surface area contributed by atoms with Crippen LogP contribution in [0.15, 0.2) is 22.0 Å². The van der Waals surface area contributed by atoms with E-state index in [-0.39, 0.29) is 22.2 Å². The van der Waals surface area contributed by atoms with E-state index in [1.807, 2.05) is 6.92 Å². The van der Waals surface area contributed by atoms with Gasteiger partial charge in [0.1, 0.15) is 10.6 Å². The Morgan fingerprint density at radius 1 is 1.29 bits per heavy atom. The second kappa shape index (κ2) is 6.57. The van der Waals surface area contributed by atoms with Crippen molar-refractivity contribution in [3.63, 3.8) is 0 Å². The van der Waals surface area contributed by atoms with Crippen LogP contribution in [0.5, 0.6) is 5.75 Å². The molecule has 0 unspecified atom stereocenters. The number of carbonyl (C=O) groups is 1.